The van der Waals surface area contributed by atoms with E-state index >= 15 is 0 Å². The van der Waals surface area contributed by atoms with Gasteiger partial charge in [-0.25, -0.2) is 4.98 Å². The van der Waals surface area contributed by atoms with Crippen molar-refractivity contribution in [3.8, 4) is 11.3 Å². The van der Waals surface area contributed by atoms with E-state index in [1.807, 2.05) is 68.4 Å². The molecule has 1 N–H and O–H groups in total. The Morgan fingerprint density at radius 2 is 1.72 bits per heavy atom. The molecular formula is C26H24N4O2. The van der Waals surface area contributed by atoms with E-state index in [0.717, 1.165) is 33.3 Å². The van der Waals surface area contributed by atoms with Crippen molar-refractivity contribution in [2.24, 2.45) is 0 Å². The van der Waals surface area contributed by atoms with Gasteiger partial charge in [0.25, 0.3) is 5.91 Å². The molecule has 6 nitrogen and oxygen atoms in total. The predicted molar refractivity (Wildman–Crippen MR) is 126 cm³/mol. The third-order valence-corrected chi connectivity index (χ3v) is 5.53. The summed E-state index contributed by atoms with van der Waals surface area (Å²) in [5, 5.41) is 3.66. The molecule has 4 aromatic rings. The van der Waals surface area contributed by atoms with Gasteiger partial charge in [-0.1, -0.05) is 30.3 Å². The maximum Gasteiger partial charge on any atom is 0.254 e. The van der Waals surface area contributed by atoms with Crippen LogP contribution in [0.5, 0.6) is 0 Å². The Bertz CT molecular complexity index is 1300. The van der Waals surface area contributed by atoms with Crippen LogP contribution in [0.1, 0.15) is 21.5 Å². The zero-order valence-electron chi connectivity index (χ0n) is 18.3. The lowest BCUT2D eigenvalue weighted by molar-refractivity contribution is -0.116. The minimum atomic E-state index is -0.248. The van der Waals surface area contributed by atoms with Crippen LogP contribution in [0.3, 0.4) is 0 Å². The molecule has 0 spiro atoms. The highest BCUT2D eigenvalue weighted by molar-refractivity contribution is 6.08. The summed E-state index contributed by atoms with van der Waals surface area (Å²) in [6.07, 6.45) is 3.38. The van der Waals surface area contributed by atoms with Crippen molar-refractivity contribution in [3.05, 3.63) is 89.7 Å². The normalized spacial score (nSPS) is 10.7. The van der Waals surface area contributed by atoms with Crippen LogP contribution in [0.4, 0.5) is 5.69 Å². The third kappa shape index (κ3) is 4.34. The molecule has 2 aromatic heterocycles. The minimum Gasteiger partial charge on any atom is -0.332 e. The van der Waals surface area contributed by atoms with Crippen molar-refractivity contribution in [1.29, 1.82) is 0 Å². The van der Waals surface area contributed by atoms with Gasteiger partial charge in [-0.3, -0.25) is 14.6 Å². The van der Waals surface area contributed by atoms with Gasteiger partial charge in [-0.2, -0.15) is 0 Å². The van der Waals surface area contributed by atoms with E-state index in [2.05, 4.69) is 10.3 Å². The molecular weight excluding hydrogens is 400 g/mol. The van der Waals surface area contributed by atoms with Crippen LogP contribution in [-0.2, 0) is 4.79 Å². The number of carbonyl (C=O) groups excluding carboxylic acids is 2. The van der Waals surface area contributed by atoms with Gasteiger partial charge in [0.05, 0.1) is 23.3 Å². The van der Waals surface area contributed by atoms with E-state index in [0.29, 0.717) is 11.3 Å². The highest BCUT2D eigenvalue weighted by Gasteiger charge is 2.20. The number of benzene rings is 2. The molecule has 6 heteroatoms. The molecule has 160 valence electrons. The number of rotatable bonds is 5. The molecule has 0 radical (unpaired) electrons. The predicted octanol–water partition coefficient (Wildman–Crippen LogP) is 4.62. The number of aromatic nitrogens is 2. The summed E-state index contributed by atoms with van der Waals surface area (Å²) in [6, 6.07) is 18.8. The van der Waals surface area contributed by atoms with Gasteiger partial charge in [0.15, 0.2) is 0 Å². The van der Waals surface area contributed by atoms with Crippen LogP contribution in [0.2, 0.25) is 0 Å². The molecule has 0 atom stereocenters. The van der Waals surface area contributed by atoms with Crippen molar-refractivity contribution in [3.63, 3.8) is 0 Å². The smallest absolute Gasteiger partial charge is 0.254 e. The van der Waals surface area contributed by atoms with Gasteiger partial charge in [0.1, 0.15) is 0 Å². The number of nitrogens with zero attached hydrogens (tertiary/aromatic N) is 3. The molecule has 0 bridgehead atoms. The molecule has 0 aliphatic rings. The van der Waals surface area contributed by atoms with Crippen LogP contribution >= 0.6 is 0 Å². The van der Waals surface area contributed by atoms with E-state index in [4.69, 9.17) is 4.98 Å². The lowest BCUT2D eigenvalue weighted by Crippen LogP contribution is -2.35. The quantitative estimate of drug-likeness (QED) is 0.507. The monoisotopic (exact) mass is 424 g/mol. The molecule has 0 unspecified atom stereocenters. The molecule has 0 aliphatic carbocycles. The molecule has 0 saturated carbocycles. The number of amides is 2. The summed E-state index contributed by atoms with van der Waals surface area (Å²) in [6.45, 7) is 3.90. The van der Waals surface area contributed by atoms with Crippen molar-refractivity contribution >= 4 is 28.4 Å². The lowest BCUT2D eigenvalue weighted by Gasteiger charge is -2.19. The van der Waals surface area contributed by atoms with Gasteiger partial charge in [0.2, 0.25) is 5.91 Å². The first-order valence-electron chi connectivity index (χ1n) is 10.4. The summed E-state index contributed by atoms with van der Waals surface area (Å²) in [4.78, 5) is 36.2. The number of hydrogen-bond donors (Lipinski definition) is 1. The van der Waals surface area contributed by atoms with Crippen LogP contribution in [0.25, 0.3) is 22.2 Å². The topological polar surface area (TPSA) is 75.2 Å². The molecule has 2 heterocycles. The van der Waals surface area contributed by atoms with Gasteiger partial charge in [-0.15, -0.1) is 0 Å². The van der Waals surface area contributed by atoms with Gasteiger partial charge < -0.3 is 10.2 Å². The number of aryl methyl sites for hydroxylation is 1. The average molecular weight is 425 g/mol. The van der Waals surface area contributed by atoms with Crippen molar-refractivity contribution in [2.45, 2.75) is 13.8 Å². The number of likely N-dealkylation sites (N-methyl/N-ethyl adjacent to an activating group) is 1. The van der Waals surface area contributed by atoms with E-state index < -0.39 is 0 Å². The first-order chi connectivity index (χ1) is 15.4. The highest BCUT2D eigenvalue weighted by Crippen LogP contribution is 2.25. The Morgan fingerprint density at radius 3 is 2.50 bits per heavy atom. The Labute approximate surface area is 186 Å². The summed E-state index contributed by atoms with van der Waals surface area (Å²) < 4.78 is 0. The number of para-hydroxylation sites is 1. The molecule has 0 saturated heterocycles. The summed E-state index contributed by atoms with van der Waals surface area (Å²) in [7, 11) is 1.63. The Hall–Kier alpha value is -4.06. The first-order valence-corrected chi connectivity index (χ1v) is 10.4. The first kappa shape index (κ1) is 21.2. The van der Waals surface area contributed by atoms with Crippen LogP contribution in [0, 0.1) is 13.8 Å². The second-order valence-corrected chi connectivity index (χ2v) is 7.76. The van der Waals surface area contributed by atoms with Gasteiger partial charge in [-0.05, 0) is 55.3 Å². The fourth-order valence-corrected chi connectivity index (χ4v) is 3.59. The number of carbonyl (C=O) groups is 2. The van der Waals surface area contributed by atoms with Gasteiger partial charge in [0, 0.05) is 36.1 Å². The van der Waals surface area contributed by atoms with Crippen LogP contribution in [-0.4, -0.2) is 40.3 Å². The highest BCUT2D eigenvalue weighted by atomic mass is 16.2. The van der Waals surface area contributed by atoms with Crippen molar-refractivity contribution in [1.82, 2.24) is 14.9 Å². The largest absolute Gasteiger partial charge is 0.332 e. The second kappa shape index (κ2) is 8.98. The molecule has 0 fully saturated rings. The van der Waals surface area contributed by atoms with E-state index in [1.165, 1.54) is 4.90 Å². The van der Waals surface area contributed by atoms with Crippen LogP contribution in [0.15, 0.2) is 73.1 Å². The Kier molecular flexibility index (Phi) is 5.94. The van der Waals surface area contributed by atoms with Gasteiger partial charge >= 0.3 is 0 Å². The third-order valence-electron chi connectivity index (χ3n) is 5.53. The molecule has 32 heavy (non-hydrogen) atoms. The summed E-state index contributed by atoms with van der Waals surface area (Å²) in [5.41, 5.74) is 5.64. The number of anilines is 1. The molecule has 2 amide bonds. The van der Waals surface area contributed by atoms with Crippen LogP contribution < -0.4 is 5.32 Å². The average Bonchev–Trinajstić information content (AvgIpc) is 2.81. The number of hydrogen-bond acceptors (Lipinski definition) is 4. The Balaban J connectivity index is 1.61. The SMILES string of the molecule is Cc1cccc(NC(=O)CN(C)C(=O)c2cc(-c3ccncc3)nc3ccccc23)c1C. The molecule has 0 aliphatic heterocycles. The zero-order valence-corrected chi connectivity index (χ0v) is 18.3. The Morgan fingerprint density at radius 1 is 0.969 bits per heavy atom. The summed E-state index contributed by atoms with van der Waals surface area (Å²) in [5.74, 6) is -0.489. The van der Waals surface area contributed by atoms with E-state index in [-0.39, 0.29) is 18.4 Å². The minimum absolute atomic E-state index is 0.0620. The van der Waals surface area contributed by atoms with Crippen molar-refractivity contribution in [2.75, 3.05) is 18.9 Å². The zero-order chi connectivity index (χ0) is 22.7. The van der Waals surface area contributed by atoms with E-state index in [9.17, 15) is 9.59 Å². The lowest BCUT2D eigenvalue weighted by atomic mass is 10.0. The fourth-order valence-electron chi connectivity index (χ4n) is 3.59. The molecule has 2 aromatic carbocycles. The number of nitrogens with one attached hydrogen (secondary N) is 1. The second-order valence-electron chi connectivity index (χ2n) is 7.76. The standard InChI is InChI=1S/C26H24N4O2/c1-17-7-6-10-22(18(17)2)29-25(31)16-30(3)26(32)21-15-24(19-11-13-27-14-12-19)28-23-9-5-4-8-20(21)23/h4-15H,16H2,1-3H3,(H,29,31). The maximum atomic E-state index is 13.4. The summed E-state index contributed by atoms with van der Waals surface area (Å²) >= 11 is 0. The van der Waals surface area contributed by atoms with E-state index in [1.54, 1.807) is 25.5 Å². The fraction of sp³-hybridized carbons (Fsp3) is 0.154. The number of pyridine rings is 2. The molecule has 4 rings (SSSR count). The maximum absolute atomic E-state index is 13.4. The number of fused-ring (bicyclic) bond motifs is 1. The van der Waals surface area contributed by atoms with Crippen molar-refractivity contribution < 1.29 is 9.59 Å².